The number of aromatic nitrogens is 4. The van der Waals surface area contributed by atoms with Crippen LogP contribution in [0, 0.1) is 5.92 Å². The van der Waals surface area contributed by atoms with Gasteiger partial charge in [-0.2, -0.15) is 10.1 Å². The maximum atomic E-state index is 11.3. The number of fused-ring (bicyclic) bond motifs is 1. The van der Waals surface area contributed by atoms with Gasteiger partial charge >= 0.3 is 5.97 Å². The molecule has 0 saturated heterocycles. The summed E-state index contributed by atoms with van der Waals surface area (Å²) in [5.41, 5.74) is 0.711. The van der Waals surface area contributed by atoms with Crippen LogP contribution in [-0.2, 0) is 9.53 Å². The Morgan fingerprint density at radius 2 is 2.28 bits per heavy atom. The summed E-state index contributed by atoms with van der Waals surface area (Å²) >= 11 is 5.78. The predicted octanol–water partition coefficient (Wildman–Crippen LogP) is 1.60. The molecule has 6 nitrogen and oxygen atoms in total. The molecule has 1 saturated carbocycles. The first kappa shape index (κ1) is 11.4. The van der Waals surface area contributed by atoms with Crippen LogP contribution < -0.4 is 0 Å². The van der Waals surface area contributed by atoms with Gasteiger partial charge < -0.3 is 4.74 Å². The van der Waals surface area contributed by atoms with Crippen LogP contribution in [0.3, 0.4) is 0 Å². The molecule has 2 aromatic rings. The molecule has 94 valence electrons. The molecule has 3 rings (SSSR count). The highest BCUT2D eigenvalue weighted by atomic mass is 35.5. The monoisotopic (exact) mass is 266 g/mol. The lowest BCUT2D eigenvalue weighted by molar-refractivity contribution is -0.149. The maximum absolute atomic E-state index is 11.3. The molecule has 0 radical (unpaired) electrons. The molecule has 1 aliphatic carbocycles. The summed E-state index contributed by atoms with van der Waals surface area (Å²) in [7, 11) is 1.41. The van der Waals surface area contributed by atoms with E-state index in [0.717, 1.165) is 18.2 Å². The van der Waals surface area contributed by atoms with Crippen molar-refractivity contribution in [2.45, 2.75) is 18.9 Å². The maximum Gasteiger partial charge on any atom is 0.308 e. The Kier molecular flexibility index (Phi) is 2.66. The molecule has 0 aromatic carbocycles. The predicted molar refractivity (Wildman–Crippen MR) is 64.1 cm³/mol. The molecule has 0 atom stereocenters. The Morgan fingerprint density at radius 3 is 3.00 bits per heavy atom. The highest BCUT2D eigenvalue weighted by molar-refractivity contribution is 6.28. The zero-order valence-corrected chi connectivity index (χ0v) is 10.5. The summed E-state index contributed by atoms with van der Waals surface area (Å²) in [5, 5.41) is 5.33. The number of ether oxygens (including phenoxy) is 1. The van der Waals surface area contributed by atoms with Crippen molar-refractivity contribution >= 4 is 28.6 Å². The summed E-state index contributed by atoms with van der Waals surface area (Å²) in [6.45, 7) is 0. The van der Waals surface area contributed by atoms with Gasteiger partial charge in [0.15, 0.2) is 5.65 Å². The van der Waals surface area contributed by atoms with E-state index >= 15 is 0 Å². The number of methoxy groups -OCH3 is 1. The molecule has 0 aliphatic heterocycles. The number of hydrogen-bond donors (Lipinski definition) is 0. The third-order valence-electron chi connectivity index (χ3n) is 3.30. The van der Waals surface area contributed by atoms with Crippen molar-refractivity contribution in [2.24, 2.45) is 5.92 Å². The number of halogens is 1. The van der Waals surface area contributed by atoms with Gasteiger partial charge in [-0.25, -0.2) is 9.67 Å². The van der Waals surface area contributed by atoms with Crippen LogP contribution in [0.1, 0.15) is 18.9 Å². The number of carbonyl (C=O) groups is 1. The molecule has 1 aliphatic rings. The Balaban J connectivity index is 1.84. The van der Waals surface area contributed by atoms with Crippen molar-refractivity contribution in [3.63, 3.8) is 0 Å². The van der Waals surface area contributed by atoms with E-state index in [1.807, 2.05) is 4.68 Å². The van der Waals surface area contributed by atoms with Gasteiger partial charge in [-0.15, -0.1) is 0 Å². The number of carbonyl (C=O) groups excluding carboxylic acids is 1. The highest BCUT2D eigenvalue weighted by Gasteiger charge is 2.37. The van der Waals surface area contributed by atoms with Crippen LogP contribution in [-0.4, -0.2) is 32.8 Å². The van der Waals surface area contributed by atoms with Crippen LogP contribution in [0.5, 0.6) is 0 Å². The Morgan fingerprint density at radius 1 is 1.50 bits per heavy atom. The fourth-order valence-electron chi connectivity index (χ4n) is 2.23. The zero-order valence-electron chi connectivity index (χ0n) is 9.71. The number of hydrogen-bond acceptors (Lipinski definition) is 5. The fourth-order valence-corrected chi connectivity index (χ4v) is 2.36. The molecular formula is C11H11ClN4O2. The normalized spacial score (nSPS) is 22.8. The lowest BCUT2D eigenvalue weighted by atomic mass is 9.80. The van der Waals surface area contributed by atoms with Crippen LogP contribution in [0.2, 0.25) is 5.28 Å². The summed E-state index contributed by atoms with van der Waals surface area (Å²) < 4.78 is 6.52. The summed E-state index contributed by atoms with van der Waals surface area (Å²) in [4.78, 5) is 19.4. The van der Waals surface area contributed by atoms with E-state index in [2.05, 4.69) is 15.1 Å². The van der Waals surface area contributed by atoms with E-state index in [-0.39, 0.29) is 23.2 Å². The highest BCUT2D eigenvalue weighted by Crippen LogP contribution is 2.39. The zero-order chi connectivity index (χ0) is 12.7. The standard InChI is InChI=1S/C11H11ClN4O2/c1-18-10(17)6-2-8(3-6)16-9-7(5-14-16)4-13-11(12)15-9/h4-6,8H,2-3H2,1H3/t6-,8-. The van der Waals surface area contributed by atoms with Gasteiger partial charge in [0.1, 0.15) is 0 Å². The average molecular weight is 267 g/mol. The first-order valence-corrected chi connectivity index (χ1v) is 6.00. The minimum absolute atomic E-state index is 0.0310. The molecule has 2 aromatic heterocycles. The molecule has 7 heteroatoms. The van der Waals surface area contributed by atoms with Crippen molar-refractivity contribution in [2.75, 3.05) is 7.11 Å². The Bertz CT molecular complexity index is 606. The lowest BCUT2D eigenvalue weighted by Crippen LogP contribution is -2.33. The smallest absolute Gasteiger partial charge is 0.308 e. The molecule has 1 fully saturated rings. The molecule has 0 N–H and O–H groups in total. The van der Waals surface area contributed by atoms with Gasteiger partial charge in [-0.05, 0) is 24.4 Å². The minimum Gasteiger partial charge on any atom is -0.469 e. The van der Waals surface area contributed by atoms with Crippen molar-refractivity contribution in [1.29, 1.82) is 0 Å². The summed E-state index contributed by atoms with van der Waals surface area (Å²) in [6.07, 6.45) is 4.80. The van der Waals surface area contributed by atoms with Gasteiger partial charge in [-0.3, -0.25) is 4.79 Å². The van der Waals surface area contributed by atoms with Gasteiger partial charge in [-0.1, -0.05) is 0 Å². The van der Waals surface area contributed by atoms with Gasteiger partial charge in [0.2, 0.25) is 5.28 Å². The van der Waals surface area contributed by atoms with Crippen LogP contribution >= 0.6 is 11.6 Å². The topological polar surface area (TPSA) is 69.9 Å². The van der Waals surface area contributed by atoms with E-state index in [4.69, 9.17) is 16.3 Å². The lowest BCUT2D eigenvalue weighted by Gasteiger charge is -2.33. The van der Waals surface area contributed by atoms with Crippen LogP contribution in [0.15, 0.2) is 12.4 Å². The van der Waals surface area contributed by atoms with Gasteiger partial charge in [0.05, 0.1) is 30.7 Å². The number of nitrogens with zero attached hydrogens (tertiary/aromatic N) is 4. The van der Waals surface area contributed by atoms with E-state index in [1.165, 1.54) is 7.11 Å². The number of esters is 1. The SMILES string of the molecule is COC(=O)[C@H]1C[C@H](n2ncc3cnc(Cl)nc32)C1. The van der Waals surface area contributed by atoms with Crippen LogP contribution in [0.4, 0.5) is 0 Å². The van der Waals surface area contributed by atoms with E-state index in [1.54, 1.807) is 12.4 Å². The first-order valence-electron chi connectivity index (χ1n) is 5.62. The Labute approximate surface area is 108 Å². The molecule has 18 heavy (non-hydrogen) atoms. The van der Waals surface area contributed by atoms with Crippen molar-refractivity contribution in [1.82, 2.24) is 19.7 Å². The third-order valence-corrected chi connectivity index (χ3v) is 3.48. The van der Waals surface area contributed by atoms with Gasteiger partial charge in [0.25, 0.3) is 0 Å². The number of rotatable bonds is 2. The molecule has 0 unspecified atom stereocenters. The second-order valence-electron chi connectivity index (χ2n) is 4.35. The molecule has 0 spiro atoms. The third kappa shape index (κ3) is 1.73. The molecule has 2 heterocycles. The van der Waals surface area contributed by atoms with E-state index < -0.39 is 0 Å². The Hall–Kier alpha value is -1.69. The first-order chi connectivity index (χ1) is 8.69. The second-order valence-corrected chi connectivity index (χ2v) is 4.69. The van der Waals surface area contributed by atoms with Gasteiger partial charge in [0, 0.05) is 6.20 Å². The summed E-state index contributed by atoms with van der Waals surface area (Å²) in [5.74, 6) is -0.188. The largest absolute Gasteiger partial charge is 0.469 e. The van der Waals surface area contributed by atoms with E-state index in [0.29, 0.717) is 5.65 Å². The second kappa shape index (κ2) is 4.20. The molecule has 0 amide bonds. The quantitative estimate of drug-likeness (QED) is 0.610. The minimum atomic E-state index is -0.157. The van der Waals surface area contributed by atoms with E-state index in [9.17, 15) is 4.79 Å². The van der Waals surface area contributed by atoms with Crippen molar-refractivity contribution in [3.8, 4) is 0 Å². The van der Waals surface area contributed by atoms with Crippen molar-refractivity contribution < 1.29 is 9.53 Å². The fraction of sp³-hybridized carbons (Fsp3) is 0.455. The van der Waals surface area contributed by atoms with Crippen molar-refractivity contribution in [3.05, 3.63) is 17.7 Å². The summed E-state index contributed by atoms with van der Waals surface area (Å²) in [6, 6.07) is 0.178. The van der Waals surface area contributed by atoms with Crippen LogP contribution in [0.25, 0.3) is 11.0 Å². The molecular weight excluding hydrogens is 256 g/mol. The molecule has 0 bridgehead atoms. The average Bonchev–Trinajstić information content (AvgIpc) is 2.70.